The molecular weight excluding hydrogens is 325 g/mol. The molecule has 0 spiro atoms. The molecule has 3 rings (SSSR count). The quantitative estimate of drug-likeness (QED) is 0.875. The minimum absolute atomic E-state index is 0.0675. The lowest BCUT2D eigenvalue weighted by atomic mass is 10.2. The highest BCUT2D eigenvalue weighted by atomic mass is 19.4. The number of hydrogen-bond donors (Lipinski definition) is 2. The van der Waals surface area contributed by atoms with Crippen LogP contribution in [0.1, 0.15) is 36.0 Å². The third-order valence-electron chi connectivity index (χ3n) is 3.49. The number of aromatic nitrogens is 2. The number of alkyl halides is 3. The van der Waals surface area contributed by atoms with Crippen LogP contribution in [-0.4, -0.2) is 22.7 Å². The van der Waals surface area contributed by atoms with Gasteiger partial charge in [-0.25, -0.2) is 4.79 Å². The molecule has 0 radical (unpaired) electrons. The highest BCUT2D eigenvalue weighted by Gasteiger charge is 2.30. The summed E-state index contributed by atoms with van der Waals surface area (Å²) in [6.07, 6.45) is -1.96. The van der Waals surface area contributed by atoms with Crippen LogP contribution >= 0.6 is 0 Å². The maximum atomic E-state index is 12.6. The maximum Gasteiger partial charge on any atom is 0.416 e. The van der Waals surface area contributed by atoms with E-state index < -0.39 is 17.8 Å². The molecule has 0 aliphatic heterocycles. The van der Waals surface area contributed by atoms with Gasteiger partial charge in [0.1, 0.15) is 0 Å². The van der Waals surface area contributed by atoms with Crippen LogP contribution in [0.5, 0.6) is 0 Å². The fourth-order valence-electron chi connectivity index (χ4n) is 2.10. The standard InChI is InChI=1S/C15H15F3N4O2/c16-15(17,18)10-2-1-3-11(8-10)20-14(23)19-7-6-12-21-13(24-22-12)9-4-5-9/h1-3,8-9H,4-7H2,(H2,19,20,23). The van der Waals surface area contributed by atoms with Crippen molar-refractivity contribution in [1.82, 2.24) is 15.5 Å². The number of hydrogen-bond acceptors (Lipinski definition) is 4. The molecule has 1 aliphatic rings. The summed E-state index contributed by atoms with van der Waals surface area (Å²) in [4.78, 5) is 15.9. The molecule has 128 valence electrons. The van der Waals surface area contributed by atoms with Crippen LogP contribution in [0.15, 0.2) is 28.8 Å². The van der Waals surface area contributed by atoms with Crippen LogP contribution in [0.2, 0.25) is 0 Å². The number of carbonyl (C=O) groups is 1. The van der Waals surface area contributed by atoms with Crippen molar-refractivity contribution in [1.29, 1.82) is 0 Å². The first kappa shape index (κ1) is 16.3. The molecule has 0 unspecified atom stereocenters. The van der Waals surface area contributed by atoms with E-state index >= 15 is 0 Å². The van der Waals surface area contributed by atoms with Gasteiger partial charge in [0, 0.05) is 24.6 Å². The number of benzene rings is 1. The summed E-state index contributed by atoms with van der Waals surface area (Å²) < 4.78 is 42.9. The Morgan fingerprint density at radius 2 is 2.12 bits per heavy atom. The topological polar surface area (TPSA) is 80.1 Å². The lowest BCUT2D eigenvalue weighted by Gasteiger charge is -2.10. The number of carbonyl (C=O) groups excluding carboxylic acids is 1. The summed E-state index contributed by atoms with van der Waals surface area (Å²) >= 11 is 0. The van der Waals surface area contributed by atoms with Crippen molar-refractivity contribution in [2.24, 2.45) is 0 Å². The van der Waals surface area contributed by atoms with Gasteiger partial charge in [-0.15, -0.1) is 0 Å². The Labute approximate surface area is 135 Å². The van der Waals surface area contributed by atoms with Gasteiger partial charge in [-0.05, 0) is 31.0 Å². The van der Waals surface area contributed by atoms with Crippen LogP contribution in [0, 0.1) is 0 Å². The van der Waals surface area contributed by atoms with E-state index in [1.54, 1.807) is 0 Å². The highest BCUT2D eigenvalue weighted by Crippen LogP contribution is 2.38. The molecule has 1 aromatic heterocycles. The van der Waals surface area contributed by atoms with Crippen molar-refractivity contribution < 1.29 is 22.5 Å². The van der Waals surface area contributed by atoms with Crippen LogP contribution < -0.4 is 10.6 Å². The number of nitrogens with one attached hydrogen (secondary N) is 2. The van der Waals surface area contributed by atoms with E-state index in [4.69, 9.17) is 4.52 Å². The molecule has 1 heterocycles. The zero-order valence-corrected chi connectivity index (χ0v) is 12.6. The second-order valence-corrected chi connectivity index (χ2v) is 5.53. The summed E-state index contributed by atoms with van der Waals surface area (Å²) in [6, 6.07) is 3.84. The average molecular weight is 340 g/mol. The van der Waals surface area contributed by atoms with Crippen molar-refractivity contribution in [2.75, 3.05) is 11.9 Å². The molecule has 6 nitrogen and oxygen atoms in total. The van der Waals surface area contributed by atoms with E-state index in [0.717, 1.165) is 25.0 Å². The Bertz CT molecular complexity index is 726. The van der Waals surface area contributed by atoms with E-state index in [-0.39, 0.29) is 12.2 Å². The molecule has 2 amide bonds. The number of halogens is 3. The molecule has 24 heavy (non-hydrogen) atoms. The molecule has 1 aromatic carbocycles. The van der Waals surface area contributed by atoms with Crippen molar-refractivity contribution in [3.05, 3.63) is 41.5 Å². The lowest BCUT2D eigenvalue weighted by Crippen LogP contribution is -2.30. The third-order valence-corrected chi connectivity index (χ3v) is 3.49. The first-order chi connectivity index (χ1) is 11.4. The van der Waals surface area contributed by atoms with E-state index in [1.165, 1.54) is 12.1 Å². The average Bonchev–Trinajstić information content (AvgIpc) is 3.26. The van der Waals surface area contributed by atoms with E-state index in [2.05, 4.69) is 20.8 Å². The van der Waals surface area contributed by atoms with E-state index in [0.29, 0.717) is 24.1 Å². The Kier molecular flexibility index (Phi) is 4.41. The molecule has 0 bridgehead atoms. The molecule has 1 saturated carbocycles. The van der Waals surface area contributed by atoms with Gasteiger partial charge in [0.15, 0.2) is 5.82 Å². The normalized spacial score (nSPS) is 14.5. The summed E-state index contributed by atoms with van der Waals surface area (Å²) in [7, 11) is 0. The summed E-state index contributed by atoms with van der Waals surface area (Å²) in [6.45, 7) is 0.244. The second-order valence-electron chi connectivity index (χ2n) is 5.53. The minimum atomic E-state index is -4.45. The van der Waals surface area contributed by atoms with Crippen molar-refractivity contribution in [3.8, 4) is 0 Å². The zero-order chi connectivity index (χ0) is 17.2. The van der Waals surface area contributed by atoms with Gasteiger partial charge in [-0.2, -0.15) is 18.2 Å². The molecule has 0 atom stereocenters. The van der Waals surface area contributed by atoms with Gasteiger partial charge in [0.2, 0.25) is 5.89 Å². The third kappa shape index (κ3) is 4.24. The van der Waals surface area contributed by atoms with Gasteiger partial charge in [-0.3, -0.25) is 0 Å². The predicted molar refractivity (Wildman–Crippen MR) is 78.4 cm³/mol. The Hall–Kier alpha value is -2.58. The summed E-state index contributed by atoms with van der Waals surface area (Å²) in [5.74, 6) is 1.48. The first-order valence-electron chi connectivity index (χ1n) is 7.46. The summed E-state index contributed by atoms with van der Waals surface area (Å²) in [5, 5.41) is 8.71. The van der Waals surface area contributed by atoms with Gasteiger partial charge in [0.25, 0.3) is 0 Å². The molecule has 2 aromatic rings. The Morgan fingerprint density at radius 3 is 2.83 bits per heavy atom. The van der Waals surface area contributed by atoms with E-state index in [1.807, 2.05) is 0 Å². The molecule has 0 saturated heterocycles. The molecule has 2 N–H and O–H groups in total. The van der Waals surface area contributed by atoms with Crippen molar-refractivity contribution in [3.63, 3.8) is 0 Å². The van der Waals surface area contributed by atoms with Gasteiger partial charge >= 0.3 is 12.2 Å². The first-order valence-corrected chi connectivity index (χ1v) is 7.46. The fraction of sp³-hybridized carbons (Fsp3) is 0.400. The largest absolute Gasteiger partial charge is 0.416 e. The predicted octanol–water partition coefficient (Wildman–Crippen LogP) is 3.33. The SMILES string of the molecule is O=C(NCCc1noc(C2CC2)n1)Nc1cccc(C(F)(F)F)c1. The Balaban J connectivity index is 1.46. The van der Waals surface area contributed by atoms with Crippen LogP contribution in [0.25, 0.3) is 0 Å². The number of amides is 2. The monoisotopic (exact) mass is 340 g/mol. The minimum Gasteiger partial charge on any atom is -0.339 e. The number of rotatable bonds is 5. The second kappa shape index (κ2) is 6.50. The van der Waals surface area contributed by atoms with Gasteiger partial charge in [0.05, 0.1) is 5.56 Å². The number of urea groups is 1. The van der Waals surface area contributed by atoms with Gasteiger partial charge < -0.3 is 15.2 Å². The smallest absolute Gasteiger partial charge is 0.339 e. The summed E-state index contributed by atoms with van der Waals surface area (Å²) in [5.41, 5.74) is -0.752. The lowest BCUT2D eigenvalue weighted by molar-refractivity contribution is -0.137. The molecule has 1 fully saturated rings. The van der Waals surface area contributed by atoms with Crippen LogP contribution in [-0.2, 0) is 12.6 Å². The zero-order valence-electron chi connectivity index (χ0n) is 12.6. The number of anilines is 1. The molecule has 1 aliphatic carbocycles. The molecule has 9 heteroatoms. The highest BCUT2D eigenvalue weighted by molar-refractivity contribution is 5.89. The van der Waals surface area contributed by atoms with Crippen molar-refractivity contribution in [2.45, 2.75) is 31.4 Å². The van der Waals surface area contributed by atoms with E-state index in [9.17, 15) is 18.0 Å². The van der Waals surface area contributed by atoms with Crippen LogP contribution in [0.3, 0.4) is 0 Å². The van der Waals surface area contributed by atoms with Crippen LogP contribution in [0.4, 0.5) is 23.7 Å². The molecular formula is C15H15F3N4O2. The maximum absolute atomic E-state index is 12.6. The van der Waals surface area contributed by atoms with Gasteiger partial charge in [-0.1, -0.05) is 11.2 Å². The number of nitrogens with zero attached hydrogens (tertiary/aromatic N) is 2. The Morgan fingerprint density at radius 1 is 1.33 bits per heavy atom. The fourth-order valence-corrected chi connectivity index (χ4v) is 2.10. The van der Waals surface area contributed by atoms with Crippen molar-refractivity contribution >= 4 is 11.7 Å².